The smallest absolute Gasteiger partial charge is 0.428 e. The standard InChI is InChI=1S/C10H18O5.C6H5ClFN/c1-9(2,3)14-7(11)13-8(12)15-10(4,5)6;7-5-2-1-4(9)3-6(5)8/h1-6H3;1-3H,9H2. The summed E-state index contributed by atoms with van der Waals surface area (Å²) in [7, 11) is 0. The minimum absolute atomic E-state index is 0.101. The minimum atomic E-state index is -1.06. The number of carbonyl (C=O) groups is 2. The van der Waals surface area contributed by atoms with Gasteiger partial charge in [0.15, 0.2) is 0 Å². The first-order chi connectivity index (χ1) is 10.7. The zero-order valence-electron chi connectivity index (χ0n) is 14.6. The van der Waals surface area contributed by atoms with Gasteiger partial charge in [-0.15, -0.1) is 0 Å². The van der Waals surface area contributed by atoms with Crippen LogP contribution in [0.1, 0.15) is 41.5 Å². The Morgan fingerprint density at radius 1 is 1.00 bits per heavy atom. The first kappa shape index (κ1) is 22.0. The van der Waals surface area contributed by atoms with E-state index >= 15 is 0 Å². The molecule has 6 nitrogen and oxygen atoms in total. The van der Waals surface area contributed by atoms with Crippen LogP contribution in [0.15, 0.2) is 18.2 Å². The second-order valence-corrected chi connectivity index (χ2v) is 7.11. The van der Waals surface area contributed by atoms with Crippen LogP contribution in [-0.4, -0.2) is 23.5 Å². The van der Waals surface area contributed by atoms with Gasteiger partial charge in [-0.3, -0.25) is 0 Å². The quantitative estimate of drug-likeness (QED) is 0.399. The summed E-state index contributed by atoms with van der Waals surface area (Å²) >= 11 is 5.35. The molecular weight excluding hydrogens is 341 g/mol. The molecule has 0 saturated carbocycles. The number of halogens is 2. The molecule has 2 N–H and O–H groups in total. The maximum Gasteiger partial charge on any atom is 0.519 e. The summed E-state index contributed by atoms with van der Waals surface area (Å²) in [5, 5.41) is 0.101. The first-order valence-corrected chi connectivity index (χ1v) is 7.42. The Labute approximate surface area is 146 Å². The Kier molecular flexibility index (Phi) is 7.99. The summed E-state index contributed by atoms with van der Waals surface area (Å²) in [5.41, 5.74) is 4.22. The number of ether oxygens (including phenoxy) is 3. The molecule has 1 aromatic rings. The molecule has 24 heavy (non-hydrogen) atoms. The molecule has 0 heterocycles. The van der Waals surface area contributed by atoms with Crippen molar-refractivity contribution in [2.45, 2.75) is 52.7 Å². The van der Waals surface area contributed by atoms with Gasteiger partial charge in [-0.2, -0.15) is 0 Å². The molecule has 0 aliphatic carbocycles. The van der Waals surface area contributed by atoms with Crippen molar-refractivity contribution >= 4 is 29.6 Å². The van der Waals surface area contributed by atoms with Gasteiger partial charge in [0.05, 0.1) is 5.02 Å². The van der Waals surface area contributed by atoms with Crippen LogP contribution in [0.3, 0.4) is 0 Å². The van der Waals surface area contributed by atoms with Crippen molar-refractivity contribution in [2.24, 2.45) is 0 Å². The lowest BCUT2D eigenvalue weighted by atomic mass is 10.2. The Morgan fingerprint density at radius 2 is 1.42 bits per heavy atom. The molecule has 0 aliphatic rings. The van der Waals surface area contributed by atoms with Crippen molar-refractivity contribution in [3.8, 4) is 0 Å². The zero-order valence-corrected chi connectivity index (χ0v) is 15.4. The first-order valence-electron chi connectivity index (χ1n) is 7.04. The Morgan fingerprint density at radius 3 is 1.71 bits per heavy atom. The lowest BCUT2D eigenvalue weighted by Crippen LogP contribution is -2.29. The van der Waals surface area contributed by atoms with Gasteiger partial charge in [0.25, 0.3) is 0 Å². The monoisotopic (exact) mass is 363 g/mol. The summed E-state index contributed by atoms with van der Waals surface area (Å²) in [6.07, 6.45) is -2.12. The summed E-state index contributed by atoms with van der Waals surface area (Å²) in [6.45, 7) is 10.0. The molecule has 136 valence electrons. The lowest BCUT2D eigenvalue weighted by molar-refractivity contribution is -0.0293. The summed E-state index contributed by atoms with van der Waals surface area (Å²) in [6, 6.07) is 4.15. The van der Waals surface area contributed by atoms with Crippen molar-refractivity contribution in [1.29, 1.82) is 0 Å². The van der Waals surface area contributed by atoms with E-state index in [4.69, 9.17) is 26.8 Å². The van der Waals surface area contributed by atoms with Crippen molar-refractivity contribution in [1.82, 2.24) is 0 Å². The van der Waals surface area contributed by atoms with Gasteiger partial charge in [0, 0.05) is 5.69 Å². The zero-order chi connectivity index (χ0) is 19.1. The van der Waals surface area contributed by atoms with E-state index in [-0.39, 0.29) is 5.02 Å². The molecule has 1 rings (SSSR count). The van der Waals surface area contributed by atoms with E-state index in [1.807, 2.05) is 0 Å². The molecule has 0 amide bonds. The van der Waals surface area contributed by atoms with Gasteiger partial charge < -0.3 is 19.9 Å². The van der Waals surface area contributed by atoms with Crippen LogP contribution in [0.5, 0.6) is 0 Å². The largest absolute Gasteiger partial charge is 0.519 e. The highest BCUT2D eigenvalue weighted by molar-refractivity contribution is 6.30. The van der Waals surface area contributed by atoms with E-state index in [0.29, 0.717) is 5.69 Å². The fraction of sp³-hybridized carbons (Fsp3) is 0.500. The van der Waals surface area contributed by atoms with Crippen LogP contribution < -0.4 is 5.73 Å². The molecule has 1 aromatic carbocycles. The van der Waals surface area contributed by atoms with Crippen molar-refractivity contribution in [3.05, 3.63) is 29.0 Å². The fourth-order valence-corrected chi connectivity index (χ4v) is 1.24. The number of carbonyl (C=O) groups excluding carboxylic acids is 2. The number of benzene rings is 1. The second-order valence-electron chi connectivity index (χ2n) is 6.70. The Hall–Kier alpha value is -2.02. The number of hydrogen-bond donors (Lipinski definition) is 1. The molecule has 0 radical (unpaired) electrons. The van der Waals surface area contributed by atoms with Crippen LogP contribution in [-0.2, 0) is 14.2 Å². The highest BCUT2D eigenvalue weighted by Gasteiger charge is 2.24. The summed E-state index contributed by atoms with van der Waals surface area (Å²) in [5.74, 6) is -0.475. The van der Waals surface area contributed by atoms with Crippen molar-refractivity contribution in [2.75, 3.05) is 5.73 Å². The third-order valence-electron chi connectivity index (χ3n) is 1.89. The maximum atomic E-state index is 12.4. The summed E-state index contributed by atoms with van der Waals surface area (Å²) in [4.78, 5) is 22.0. The van der Waals surface area contributed by atoms with E-state index in [0.717, 1.165) is 0 Å². The number of nitrogens with two attached hydrogens (primary N) is 1. The second kappa shape index (κ2) is 8.73. The molecule has 0 aromatic heterocycles. The average molecular weight is 364 g/mol. The van der Waals surface area contributed by atoms with Crippen molar-refractivity contribution in [3.63, 3.8) is 0 Å². The van der Waals surface area contributed by atoms with Crippen LogP contribution >= 0.6 is 11.6 Å². The maximum absolute atomic E-state index is 12.4. The van der Waals surface area contributed by atoms with Crippen LogP contribution in [0.25, 0.3) is 0 Å². The van der Waals surface area contributed by atoms with Gasteiger partial charge in [-0.25, -0.2) is 14.0 Å². The Bertz CT molecular complexity index is 553. The predicted molar refractivity (Wildman–Crippen MR) is 89.4 cm³/mol. The number of nitrogen functional groups attached to an aromatic ring is 1. The third-order valence-corrected chi connectivity index (χ3v) is 2.20. The Balaban J connectivity index is 0.000000496. The highest BCUT2D eigenvalue weighted by Crippen LogP contribution is 2.16. The van der Waals surface area contributed by atoms with Crippen molar-refractivity contribution < 1.29 is 28.2 Å². The lowest BCUT2D eigenvalue weighted by Gasteiger charge is -2.20. The van der Waals surface area contributed by atoms with E-state index in [1.165, 1.54) is 12.1 Å². The molecule has 0 saturated heterocycles. The van der Waals surface area contributed by atoms with Crippen LogP contribution in [0, 0.1) is 5.82 Å². The highest BCUT2D eigenvalue weighted by atomic mass is 35.5. The van der Waals surface area contributed by atoms with Crippen LogP contribution in [0.2, 0.25) is 5.02 Å². The van der Waals surface area contributed by atoms with Gasteiger partial charge in [-0.05, 0) is 59.7 Å². The fourth-order valence-electron chi connectivity index (χ4n) is 1.12. The van der Waals surface area contributed by atoms with Gasteiger partial charge >= 0.3 is 12.3 Å². The molecule has 0 aliphatic heterocycles. The van der Waals surface area contributed by atoms with Gasteiger partial charge in [0.1, 0.15) is 17.0 Å². The molecule has 0 unspecified atom stereocenters. The number of rotatable bonds is 0. The number of hydrogen-bond acceptors (Lipinski definition) is 6. The molecule has 0 fully saturated rings. The number of anilines is 1. The SMILES string of the molecule is CC(C)(C)OC(=O)OC(=O)OC(C)(C)C.Nc1ccc(Cl)c(F)c1. The van der Waals surface area contributed by atoms with E-state index in [9.17, 15) is 14.0 Å². The predicted octanol–water partition coefficient (Wildman–Crippen LogP) is 4.93. The summed E-state index contributed by atoms with van der Waals surface area (Å²) < 4.78 is 26.2. The van der Waals surface area contributed by atoms with E-state index in [1.54, 1.807) is 47.6 Å². The molecule has 0 atom stereocenters. The molecule has 8 heteroatoms. The minimum Gasteiger partial charge on any atom is -0.428 e. The topological polar surface area (TPSA) is 87.8 Å². The van der Waals surface area contributed by atoms with Crippen LogP contribution in [0.4, 0.5) is 19.7 Å². The molecular formula is C16H23ClFNO5. The van der Waals surface area contributed by atoms with Gasteiger partial charge in [0.2, 0.25) is 0 Å². The average Bonchev–Trinajstić information content (AvgIpc) is 2.29. The third kappa shape index (κ3) is 11.5. The van der Waals surface area contributed by atoms with E-state index in [2.05, 4.69) is 4.74 Å². The van der Waals surface area contributed by atoms with Gasteiger partial charge in [-0.1, -0.05) is 11.6 Å². The van der Waals surface area contributed by atoms with E-state index < -0.39 is 29.3 Å². The molecule has 0 bridgehead atoms. The normalized spacial score (nSPS) is 11.0. The molecule has 0 spiro atoms.